The molecule has 1 atom stereocenters. The van der Waals surface area contributed by atoms with E-state index < -0.39 is 0 Å². The maximum absolute atomic E-state index is 12.8. The molecular formula is C28H34N6O2S2. The summed E-state index contributed by atoms with van der Waals surface area (Å²) >= 11 is 2.81. The highest BCUT2D eigenvalue weighted by molar-refractivity contribution is 7.99. The Kier molecular flexibility index (Phi) is 8.58. The predicted octanol–water partition coefficient (Wildman–Crippen LogP) is 5.60. The lowest BCUT2D eigenvalue weighted by atomic mass is 9.72. The van der Waals surface area contributed by atoms with Crippen LogP contribution in [0.2, 0.25) is 0 Å². The average molecular weight is 551 g/mol. The van der Waals surface area contributed by atoms with E-state index in [1.54, 1.807) is 0 Å². The minimum absolute atomic E-state index is 0.0866. The average Bonchev–Trinajstić information content (AvgIpc) is 3.42. The SMILES string of the molecule is CCn1c(CC(=O)Nc2ccc(C)cc2)nnc1SCC(=O)Nc1sc2c(c1C#N)CC[C@H](C(C)(C)C)C2. The Morgan fingerprint density at radius 3 is 2.58 bits per heavy atom. The summed E-state index contributed by atoms with van der Waals surface area (Å²) in [4.78, 5) is 26.6. The van der Waals surface area contributed by atoms with Crippen molar-refractivity contribution in [2.45, 2.75) is 72.0 Å². The molecule has 10 heteroatoms. The molecule has 0 saturated carbocycles. The van der Waals surface area contributed by atoms with Gasteiger partial charge in [0.25, 0.3) is 0 Å². The highest BCUT2D eigenvalue weighted by atomic mass is 32.2. The Hall–Kier alpha value is -3.16. The van der Waals surface area contributed by atoms with E-state index in [0.29, 0.717) is 34.0 Å². The fraction of sp³-hybridized carbons (Fsp3) is 0.464. The summed E-state index contributed by atoms with van der Waals surface area (Å²) in [6.45, 7) is 11.3. The Morgan fingerprint density at radius 1 is 1.18 bits per heavy atom. The summed E-state index contributed by atoms with van der Waals surface area (Å²) in [5.41, 5.74) is 3.77. The zero-order chi connectivity index (χ0) is 27.4. The maximum atomic E-state index is 12.8. The van der Waals surface area contributed by atoms with Gasteiger partial charge >= 0.3 is 0 Å². The smallest absolute Gasteiger partial charge is 0.235 e. The third-order valence-electron chi connectivity index (χ3n) is 6.95. The maximum Gasteiger partial charge on any atom is 0.235 e. The number of hydrogen-bond acceptors (Lipinski definition) is 7. The molecule has 4 rings (SSSR count). The molecule has 2 aromatic heterocycles. The molecule has 3 aromatic rings. The first-order valence-electron chi connectivity index (χ1n) is 12.8. The lowest BCUT2D eigenvalue weighted by Crippen LogP contribution is -2.26. The van der Waals surface area contributed by atoms with Crippen LogP contribution in [0.25, 0.3) is 0 Å². The van der Waals surface area contributed by atoms with Crippen LogP contribution in [-0.4, -0.2) is 32.3 Å². The molecule has 38 heavy (non-hydrogen) atoms. The normalized spacial score (nSPS) is 15.0. The number of anilines is 2. The van der Waals surface area contributed by atoms with Gasteiger partial charge in [-0.15, -0.1) is 21.5 Å². The van der Waals surface area contributed by atoms with Crippen molar-refractivity contribution in [1.82, 2.24) is 14.8 Å². The summed E-state index contributed by atoms with van der Waals surface area (Å²) in [6, 6.07) is 9.93. The number of thiophene rings is 1. The molecule has 1 aliphatic rings. The second kappa shape index (κ2) is 11.7. The number of carbonyl (C=O) groups excluding carboxylic acids is 2. The molecule has 0 bridgehead atoms. The van der Waals surface area contributed by atoms with E-state index in [1.807, 2.05) is 42.7 Å². The first-order chi connectivity index (χ1) is 18.1. The molecule has 1 aliphatic carbocycles. The number of fused-ring (bicyclic) bond motifs is 1. The lowest BCUT2D eigenvalue weighted by molar-refractivity contribution is -0.116. The molecule has 0 aliphatic heterocycles. The molecule has 2 N–H and O–H groups in total. The third kappa shape index (κ3) is 6.45. The second-order valence-corrected chi connectivity index (χ2v) is 12.7. The van der Waals surface area contributed by atoms with Crippen molar-refractivity contribution in [3.05, 3.63) is 51.7 Å². The van der Waals surface area contributed by atoms with Crippen LogP contribution in [0.3, 0.4) is 0 Å². The number of rotatable bonds is 8. The van der Waals surface area contributed by atoms with Gasteiger partial charge in [-0.2, -0.15) is 5.26 Å². The van der Waals surface area contributed by atoms with Gasteiger partial charge in [0.05, 0.1) is 17.7 Å². The zero-order valence-electron chi connectivity index (χ0n) is 22.6. The van der Waals surface area contributed by atoms with E-state index in [9.17, 15) is 14.9 Å². The van der Waals surface area contributed by atoms with Crippen LogP contribution < -0.4 is 10.6 Å². The third-order valence-corrected chi connectivity index (χ3v) is 9.09. The van der Waals surface area contributed by atoms with Gasteiger partial charge in [-0.1, -0.05) is 50.2 Å². The molecule has 2 heterocycles. The topological polar surface area (TPSA) is 113 Å². The van der Waals surface area contributed by atoms with Crippen molar-refractivity contribution in [3.8, 4) is 6.07 Å². The van der Waals surface area contributed by atoms with Gasteiger partial charge < -0.3 is 15.2 Å². The van der Waals surface area contributed by atoms with Crippen LogP contribution in [0.4, 0.5) is 10.7 Å². The number of nitriles is 1. The predicted molar refractivity (Wildman–Crippen MR) is 153 cm³/mol. The van der Waals surface area contributed by atoms with Crippen molar-refractivity contribution < 1.29 is 9.59 Å². The Balaban J connectivity index is 1.37. The van der Waals surface area contributed by atoms with Crippen molar-refractivity contribution in [2.24, 2.45) is 11.3 Å². The van der Waals surface area contributed by atoms with Gasteiger partial charge in [-0.05, 0) is 62.1 Å². The fourth-order valence-corrected chi connectivity index (χ4v) is 6.80. The molecule has 1 aromatic carbocycles. The van der Waals surface area contributed by atoms with E-state index in [1.165, 1.54) is 28.0 Å². The van der Waals surface area contributed by atoms with Gasteiger partial charge in [-0.3, -0.25) is 9.59 Å². The molecule has 0 radical (unpaired) electrons. The summed E-state index contributed by atoms with van der Waals surface area (Å²) in [5.74, 6) is 0.872. The van der Waals surface area contributed by atoms with Crippen LogP contribution in [0.1, 0.15) is 61.5 Å². The molecule has 0 saturated heterocycles. The Labute approximate surface area is 232 Å². The van der Waals surface area contributed by atoms with Crippen LogP contribution in [0.15, 0.2) is 29.4 Å². The molecule has 0 unspecified atom stereocenters. The molecule has 0 fully saturated rings. The van der Waals surface area contributed by atoms with E-state index >= 15 is 0 Å². The summed E-state index contributed by atoms with van der Waals surface area (Å²) in [7, 11) is 0. The van der Waals surface area contributed by atoms with E-state index in [-0.39, 0.29) is 29.4 Å². The monoisotopic (exact) mass is 550 g/mol. The van der Waals surface area contributed by atoms with Crippen LogP contribution in [0.5, 0.6) is 0 Å². The Morgan fingerprint density at radius 2 is 1.92 bits per heavy atom. The van der Waals surface area contributed by atoms with Crippen molar-refractivity contribution >= 4 is 45.6 Å². The molecule has 200 valence electrons. The standard InChI is InChI=1S/C28H34N6O2S2/c1-6-34-23(14-24(35)30-19-10-7-17(2)8-11-19)32-33-27(34)37-16-25(36)31-26-21(15-29)20-12-9-18(28(3,4)5)13-22(20)38-26/h7-8,10-11,18H,6,9,12-14,16H2,1-5H3,(H,30,35)(H,31,36)/t18-/m0/s1. The minimum Gasteiger partial charge on any atom is -0.326 e. The van der Waals surface area contributed by atoms with Gasteiger partial charge in [0.1, 0.15) is 16.9 Å². The summed E-state index contributed by atoms with van der Waals surface area (Å²) in [5, 5.41) is 25.3. The van der Waals surface area contributed by atoms with Crippen LogP contribution in [-0.2, 0) is 35.4 Å². The first kappa shape index (κ1) is 27.9. The highest BCUT2D eigenvalue weighted by Crippen LogP contribution is 2.44. The number of carbonyl (C=O) groups is 2. The first-order valence-corrected chi connectivity index (χ1v) is 14.6. The highest BCUT2D eigenvalue weighted by Gasteiger charge is 2.32. The number of thioether (sulfide) groups is 1. The minimum atomic E-state index is -0.193. The van der Waals surface area contributed by atoms with Gasteiger partial charge in [-0.25, -0.2) is 0 Å². The zero-order valence-corrected chi connectivity index (χ0v) is 24.2. The lowest BCUT2D eigenvalue weighted by Gasteiger charge is -2.33. The summed E-state index contributed by atoms with van der Waals surface area (Å²) in [6.07, 6.45) is 2.97. The second-order valence-electron chi connectivity index (χ2n) is 10.7. The molecule has 0 spiro atoms. The van der Waals surface area contributed by atoms with Gasteiger partial charge in [0, 0.05) is 17.1 Å². The number of amides is 2. The largest absolute Gasteiger partial charge is 0.326 e. The number of aromatic nitrogens is 3. The van der Waals surface area contributed by atoms with Crippen molar-refractivity contribution in [1.29, 1.82) is 5.26 Å². The van der Waals surface area contributed by atoms with E-state index in [0.717, 1.165) is 36.1 Å². The Bertz CT molecular complexity index is 1360. The summed E-state index contributed by atoms with van der Waals surface area (Å²) < 4.78 is 1.85. The number of hydrogen-bond donors (Lipinski definition) is 2. The number of benzene rings is 1. The van der Waals surface area contributed by atoms with Crippen LogP contribution >= 0.6 is 23.1 Å². The number of nitrogens with one attached hydrogen (secondary N) is 2. The van der Waals surface area contributed by atoms with Crippen molar-refractivity contribution in [3.63, 3.8) is 0 Å². The quantitative estimate of drug-likeness (QED) is 0.353. The fourth-order valence-electron chi connectivity index (χ4n) is 4.68. The van der Waals surface area contributed by atoms with Gasteiger partial charge in [0.2, 0.25) is 11.8 Å². The van der Waals surface area contributed by atoms with Crippen LogP contribution in [0, 0.1) is 29.6 Å². The van der Waals surface area contributed by atoms with E-state index in [4.69, 9.17) is 0 Å². The molecule has 2 amide bonds. The molecule has 8 nitrogen and oxygen atoms in total. The molecular weight excluding hydrogens is 516 g/mol. The number of nitrogens with zero attached hydrogens (tertiary/aromatic N) is 4. The van der Waals surface area contributed by atoms with E-state index in [2.05, 4.69) is 47.7 Å². The number of aryl methyl sites for hydroxylation is 1. The van der Waals surface area contributed by atoms with Gasteiger partial charge in [0.15, 0.2) is 5.16 Å². The van der Waals surface area contributed by atoms with Crippen molar-refractivity contribution in [2.75, 3.05) is 16.4 Å².